The Hall–Kier alpha value is -2.11. The monoisotopic (exact) mass is 308 g/mol. The molecule has 112 valence electrons. The molecular weight excluding hydrogens is 292 g/mol. The molecule has 0 aromatic heterocycles. The largest absolute Gasteiger partial charge is 0.398 e. The summed E-state index contributed by atoms with van der Waals surface area (Å²) in [5.41, 5.74) is 6.11. The highest BCUT2D eigenvalue weighted by Gasteiger charge is 2.30. The van der Waals surface area contributed by atoms with E-state index in [9.17, 15) is 13.2 Å². The van der Waals surface area contributed by atoms with Crippen LogP contribution in [-0.4, -0.2) is 49.7 Å². The van der Waals surface area contributed by atoms with Crippen LogP contribution in [0, 0.1) is 11.3 Å². The van der Waals surface area contributed by atoms with E-state index in [1.807, 2.05) is 6.07 Å². The third-order valence-corrected chi connectivity index (χ3v) is 5.41. The van der Waals surface area contributed by atoms with Crippen molar-refractivity contribution in [2.45, 2.75) is 11.8 Å². The van der Waals surface area contributed by atoms with Crippen molar-refractivity contribution in [3.05, 3.63) is 23.8 Å². The number of nitriles is 1. The van der Waals surface area contributed by atoms with E-state index >= 15 is 0 Å². The third kappa shape index (κ3) is 2.99. The van der Waals surface area contributed by atoms with Gasteiger partial charge in [0.2, 0.25) is 15.9 Å². The molecule has 1 aliphatic rings. The van der Waals surface area contributed by atoms with Crippen LogP contribution in [0.3, 0.4) is 0 Å². The molecule has 1 aliphatic heterocycles. The molecule has 2 rings (SSSR count). The smallest absolute Gasteiger partial charge is 0.245 e. The van der Waals surface area contributed by atoms with E-state index in [0.717, 1.165) is 0 Å². The molecule has 0 aliphatic carbocycles. The lowest BCUT2D eigenvalue weighted by Gasteiger charge is -2.33. The minimum Gasteiger partial charge on any atom is -0.398 e. The Kier molecular flexibility index (Phi) is 4.16. The molecule has 1 aromatic carbocycles. The maximum atomic E-state index is 12.5. The highest BCUT2D eigenvalue weighted by Crippen LogP contribution is 2.24. The van der Waals surface area contributed by atoms with Crippen LogP contribution in [-0.2, 0) is 14.8 Å². The summed E-state index contributed by atoms with van der Waals surface area (Å²) in [6, 6.07) is 6.03. The normalized spacial score (nSPS) is 16.5. The lowest BCUT2D eigenvalue weighted by Crippen LogP contribution is -2.50. The summed E-state index contributed by atoms with van der Waals surface area (Å²) < 4.78 is 26.4. The van der Waals surface area contributed by atoms with Crippen molar-refractivity contribution in [1.82, 2.24) is 9.21 Å². The summed E-state index contributed by atoms with van der Waals surface area (Å²) in [5.74, 6) is -0.0649. The number of hydrogen-bond acceptors (Lipinski definition) is 5. The first-order chi connectivity index (χ1) is 9.86. The molecule has 0 unspecified atom stereocenters. The number of nitrogens with two attached hydrogens (primary N) is 1. The van der Waals surface area contributed by atoms with Crippen LogP contribution in [0.4, 0.5) is 5.69 Å². The molecule has 0 radical (unpaired) electrons. The summed E-state index contributed by atoms with van der Waals surface area (Å²) in [6.07, 6.45) is 0. The van der Waals surface area contributed by atoms with Gasteiger partial charge in [0, 0.05) is 33.1 Å². The molecule has 0 saturated carbocycles. The number of rotatable bonds is 2. The van der Waals surface area contributed by atoms with E-state index < -0.39 is 10.0 Å². The second-order valence-corrected chi connectivity index (χ2v) is 6.68. The number of hydrogen-bond donors (Lipinski definition) is 1. The Morgan fingerprint density at radius 1 is 1.29 bits per heavy atom. The standard InChI is InChI=1S/C13H16N4O3S/c1-10(18)16-4-6-17(7-5-16)21(19,20)13-3-2-11(9-14)8-12(13)15/h2-3,8H,4-7,15H2,1H3. The fraction of sp³-hybridized carbons (Fsp3) is 0.385. The molecule has 1 heterocycles. The fourth-order valence-corrected chi connectivity index (χ4v) is 3.75. The molecule has 21 heavy (non-hydrogen) atoms. The summed E-state index contributed by atoms with van der Waals surface area (Å²) in [4.78, 5) is 12.9. The fourth-order valence-electron chi connectivity index (χ4n) is 2.24. The second kappa shape index (κ2) is 5.71. The van der Waals surface area contributed by atoms with Gasteiger partial charge in [0.15, 0.2) is 0 Å². The Morgan fingerprint density at radius 2 is 1.90 bits per heavy atom. The van der Waals surface area contributed by atoms with E-state index in [-0.39, 0.29) is 29.6 Å². The zero-order chi connectivity index (χ0) is 15.6. The SMILES string of the molecule is CC(=O)N1CCN(S(=O)(=O)c2ccc(C#N)cc2N)CC1. The van der Waals surface area contributed by atoms with Gasteiger partial charge in [-0.05, 0) is 18.2 Å². The Labute approximate surface area is 123 Å². The zero-order valence-corrected chi connectivity index (χ0v) is 12.4. The second-order valence-electron chi connectivity index (χ2n) is 4.77. The van der Waals surface area contributed by atoms with E-state index in [4.69, 9.17) is 11.0 Å². The first-order valence-corrected chi connectivity index (χ1v) is 7.85. The third-order valence-electron chi connectivity index (χ3n) is 3.44. The maximum Gasteiger partial charge on any atom is 0.245 e. The quantitative estimate of drug-likeness (QED) is 0.773. The van der Waals surface area contributed by atoms with Crippen molar-refractivity contribution in [2.24, 2.45) is 0 Å². The average Bonchev–Trinajstić information content (AvgIpc) is 2.46. The van der Waals surface area contributed by atoms with Crippen LogP contribution >= 0.6 is 0 Å². The van der Waals surface area contributed by atoms with Crippen molar-refractivity contribution in [3.63, 3.8) is 0 Å². The van der Waals surface area contributed by atoms with E-state index in [1.165, 1.54) is 29.4 Å². The number of carbonyl (C=O) groups is 1. The number of nitrogens with zero attached hydrogens (tertiary/aromatic N) is 3. The predicted octanol–water partition coefficient (Wildman–Crippen LogP) is -0.00672. The lowest BCUT2D eigenvalue weighted by molar-refractivity contribution is -0.129. The number of benzene rings is 1. The van der Waals surface area contributed by atoms with E-state index in [0.29, 0.717) is 18.7 Å². The number of piperazine rings is 1. The lowest BCUT2D eigenvalue weighted by atomic mass is 10.2. The van der Waals surface area contributed by atoms with Crippen LogP contribution in [0.25, 0.3) is 0 Å². The highest BCUT2D eigenvalue weighted by atomic mass is 32.2. The van der Waals surface area contributed by atoms with Gasteiger partial charge in [0.1, 0.15) is 4.90 Å². The van der Waals surface area contributed by atoms with Crippen LogP contribution in [0.2, 0.25) is 0 Å². The Balaban J connectivity index is 2.24. The molecule has 1 fully saturated rings. The van der Waals surface area contributed by atoms with Crippen molar-refractivity contribution in [1.29, 1.82) is 5.26 Å². The first kappa shape index (κ1) is 15.3. The van der Waals surface area contributed by atoms with Gasteiger partial charge >= 0.3 is 0 Å². The van der Waals surface area contributed by atoms with Gasteiger partial charge in [0.25, 0.3) is 0 Å². The molecule has 1 saturated heterocycles. The summed E-state index contributed by atoms with van der Waals surface area (Å²) in [5, 5.41) is 8.78. The molecule has 0 spiro atoms. The van der Waals surface area contributed by atoms with E-state index in [2.05, 4.69) is 0 Å². The maximum absolute atomic E-state index is 12.5. The van der Waals surface area contributed by atoms with E-state index in [1.54, 1.807) is 4.90 Å². The summed E-state index contributed by atoms with van der Waals surface area (Å²) >= 11 is 0. The van der Waals surface area contributed by atoms with Gasteiger partial charge < -0.3 is 10.6 Å². The number of carbonyl (C=O) groups excluding carboxylic acids is 1. The van der Waals surface area contributed by atoms with Gasteiger partial charge in [-0.1, -0.05) is 0 Å². The molecular formula is C13H16N4O3S. The van der Waals surface area contributed by atoms with Gasteiger partial charge in [-0.2, -0.15) is 9.57 Å². The van der Waals surface area contributed by atoms with Crippen LogP contribution in [0.5, 0.6) is 0 Å². The Bertz CT molecular complexity index is 701. The van der Waals surface area contributed by atoms with Gasteiger partial charge in [-0.15, -0.1) is 0 Å². The number of anilines is 1. The number of amides is 1. The van der Waals surface area contributed by atoms with Crippen molar-refractivity contribution in [2.75, 3.05) is 31.9 Å². The average molecular weight is 308 g/mol. The number of sulfonamides is 1. The number of nitrogen functional groups attached to an aromatic ring is 1. The highest BCUT2D eigenvalue weighted by molar-refractivity contribution is 7.89. The van der Waals surface area contributed by atoms with Crippen molar-refractivity contribution >= 4 is 21.6 Å². The summed E-state index contributed by atoms with van der Waals surface area (Å²) in [7, 11) is -3.71. The molecule has 7 nitrogen and oxygen atoms in total. The molecule has 0 atom stereocenters. The van der Waals surface area contributed by atoms with Gasteiger partial charge in [0.05, 0.1) is 17.3 Å². The zero-order valence-electron chi connectivity index (χ0n) is 11.6. The van der Waals surface area contributed by atoms with Crippen molar-refractivity contribution < 1.29 is 13.2 Å². The molecule has 0 bridgehead atoms. The Morgan fingerprint density at radius 3 is 2.38 bits per heavy atom. The van der Waals surface area contributed by atoms with Crippen molar-refractivity contribution in [3.8, 4) is 6.07 Å². The first-order valence-electron chi connectivity index (χ1n) is 6.41. The molecule has 1 aromatic rings. The van der Waals surface area contributed by atoms with Crippen LogP contribution < -0.4 is 5.73 Å². The molecule has 2 N–H and O–H groups in total. The minimum absolute atomic E-state index is 0.00206. The molecule has 1 amide bonds. The topological polar surface area (TPSA) is 108 Å². The minimum atomic E-state index is -3.71. The predicted molar refractivity (Wildman–Crippen MR) is 76.6 cm³/mol. The van der Waals surface area contributed by atoms with Gasteiger partial charge in [-0.25, -0.2) is 8.42 Å². The molecule has 8 heteroatoms. The van der Waals surface area contributed by atoms with Gasteiger partial charge in [-0.3, -0.25) is 4.79 Å². The van der Waals surface area contributed by atoms with Crippen LogP contribution in [0.15, 0.2) is 23.1 Å². The van der Waals surface area contributed by atoms with Crippen LogP contribution in [0.1, 0.15) is 12.5 Å². The summed E-state index contributed by atoms with van der Waals surface area (Å²) in [6.45, 7) is 2.67.